The molecular weight excluding hydrogens is 210 g/mol. The Labute approximate surface area is 103 Å². The topological polar surface area (TPSA) is 29.1 Å². The van der Waals surface area contributed by atoms with E-state index in [9.17, 15) is 4.79 Å². The van der Waals surface area contributed by atoms with Crippen molar-refractivity contribution in [2.75, 3.05) is 6.54 Å². The van der Waals surface area contributed by atoms with Gasteiger partial charge in [0.15, 0.2) is 0 Å². The van der Waals surface area contributed by atoms with Crippen molar-refractivity contribution in [3.8, 4) is 0 Å². The number of aryl methyl sites for hydroxylation is 1. The van der Waals surface area contributed by atoms with E-state index in [-0.39, 0.29) is 5.91 Å². The van der Waals surface area contributed by atoms with E-state index in [0.717, 1.165) is 25.8 Å². The molecule has 0 bridgehead atoms. The van der Waals surface area contributed by atoms with Crippen LogP contribution in [-0.2, 0) is 17.6 Å². The van der Waals surface area contributed by atoms with Gasteiger partial charge in [-0.15, -0.1) is 0 Å². The maximum atomic E-state index is 11.1. The van der Waals surface area contributed by atoms with Gasteiger partial charge in [0.1, 0.15) is 0 Å². The molecule has 2 heteroatoms. The van der Waals surface area contributed by atoms with Crippen molar-refractivity contribution < 1.29 is 4.79 Å². The van der Waals surface area contributed by atoms with Crippen molar-refractivity contribution in [3.05, 3.63) is 41.0 Å². The van der Waals surface area contributed by atoms with E-state index in [1.54, 1.807) is 0 Å². The van der Waals surface area contributed by atoms with Gasteiger partial charge >= 0.3 is 0 Å². The van der Waals surface area contributed by atoms with Gasteiger partial charge in [-0.25, -0.2) is 0 Å². The number of fused-ring (bicyclic) bond motifs is 1. The Morgan fingerprint density at radius 2 is 2.29 bits per heavy atom. The summed E-state index contributed by atoms with van der Waals surface area (Å²) >= 11 is 0. The first kappa shape index (κ1) is 11.9. The normalized spacial score (nSPS) is 13.2. The predicted octanol–water partition coefficient (Wildman–Crippen LogP) is 2.71. The first-order valence-corrected chi connectivity index (χ1v) is 6.34. The fourth-order valence-corrected chi connectivity index (χ4v) is 2.11. The maximum absolute atomic E-state index is 11.1. The minimum absolute atomic E-state index is 0.130. The standard InChI is InChI=1S/C15H19NO/c1-2-15(17)16-10-9-12-7-8-13-5-3-4-6-14(13)11-12/h3,5,7-8,11H,2,4,6,9-10H2,1H3,(H,16,17). The summed E-state index contributed by atoms with van der Waals surface area (Å²) in [5, 5.41) is 2.91. The Bertz CT molecular complexity index is 435. The van der Waals surface area contributed by atoms with Gasteiger partial charge in [-0.1, -0.05) is 37.3 Å². The quantitative estimate of drug-likeness (QED) is 0.845. The molecule has 1 N–H and O–H groups in total. The summed E-state index contributed by atoms with van der Waals surface area (Å²) in [6, 6.07) is 6.62. The average molecular weight is 229 g/mol. The molecule has 1 aromatic carbocycles. The largest absolute Gasteiger partial charge is 0.356 e. The highest BCUT2D eigenvalue weighted by Gasteiger charge is 2.05. The molecule has 0 saturated carbocycles. The van der Waals surface area contributed by atoms with Crippen LogP contribution in [0.15, 0.2) is 24.3 Å². The molecule has 0 radical (unpaired) electrons. The summed E-state index contributed by atoms with van der Waals surface area (Å²) < 4.78 is 0. The van der Waals surface area contributed by atoms with Crippen LogP contribution in [0.5, 0.6) is 0 Å². The number of carbonyl (C=O) groups is 1. The van der Waals surface area contributed by atoms with E-state index in [1.807, 2.05) is 6.92 Å². The van der Waals surface area contributed by atoms with Crippen LogP contribution < -0.4 is 5.32 Å². The van der Waals surface area contributed by atoms with Gasteiger partial charge in [0.2, 0.25) is 5.91 Å². The third-order valence-corrected chi connectivity index (χ3v) is 3.14. The third-order valence-electron chi connectivity index (χ3n) is 3.14. The molecule has 2 nitrogen and oxygen atoms in total. The van der Waals surface area contributed by atoms with Gasteiger partial charge in [-0.2, -0.15) is 0 Å². The first-order chi connectivity index (χ1) is 8.29. The molecule has 0 aromatic heterocycles. The molecule has 2 rings (SSSR count). The van der Waals surface area contributed by atoms with Crippen LogP contribution in [0.4, 0.5) is 0 Å². The number of amides is 1. The summed E-state index contributed by atoms with van der Waals surface area (Å²) in [5.41, 5.74) is 4.10. The summed E-state index contributed by atoms with van der Waals surface area (Å²) in [6.07, 6.45) is 8.19. The average Bonchev–Trinajstić information content (AvgIpc) is 2.38. The van der Waals surface area contributed by atoms with E-state index in [2.05, 4.69) is 35.7 Å². The van der Waals surface area contributed by atoms with Crippen molar-refractivity contribution in [2.45, 2.75) is 32.6 Å². The lowest BCUT2D eigenvalue weighted by molar-refractivity contribution is -0.120. The number of rotatable bonds is 4. The van der Waals surface area contributed by atoms with E-state index >= 15 is 0 Å². The Morgan fingerprint density at radius 1 is 1.41 bits per heavy atom. The van der Waals surface area contributed by atoms with Gasteiger partial charge in [0.25, 0.3) is 0 Å². The zero-order valence-corrected chi connectivity index (χ0v) is 10.3. The molecule has 17 heavy (non-hydrogen) atoms. The molecule has 0 heterocycles. The molecule has 0 fully saturated rings. The zero-order valence-electron chi connectivity index (χ0n) is 10.3. The molecule has 0 aliphatic heterocycles. The van der Waals surface area contributed by atoms with Crippen LogP contribution in [-0.4, -0.2) is 12.5 Å². The first-order valence-electron chi connectivity index (χ1n) is 6.34. The number of carbonyl (C=O) groups excluding carboxylic acids is 1. The summed E-state index contributed by atoms with van der Waals surface area (Å²) in [7, 11) is 0. The minimum atomic E-state index is 0.130. The number of hydrogen-bond acceptors (Lipinski definition) is 1. The minimum Gasteiger partial charge on any atom is -0.356 e. The molecule has 90 valence electrons. The molecule has 1 amide bonds. The summed E-state index contributed by atoms with van der Waals surface area (Å²) in [6.45, 7) is 2.61. The van der Waals surface area contributed by atoms with Gasteiger partial charge < -0.3 is 5.32 Å². The van der Waals surface area contributed by atoms with Crippen LogP contribution >= 0.6 is 0 Å². The van der Waals surface area contributed by atoms with Crippen LogP contribution in [0.1, 0.15) is 36.5 Å². The van der Waals surface area contributed by atoms with Crippen molar-refractivity contribution in [1.82, 2.24) is 5.32 Å². The van der Waals surface area contributed by atoms with Crippen molar-refractivity contribution in [2.24, 2.45) is 0 Å². The smallest absolute Gasteiger partial charge is 0.219 e. The zero-order chi connectivity index (χ0) is 12.1. The second-order valence-corrected chi connectivity index (χ2v) is 4.43. The molecule has 1 aliphatic rings. The third kappa shape index (κ3) is 3.19. The van der Waals surface area contributed by atoms with Crippen LogP contribution in [0.25, 0.3) is 6.08 Å². The lowest BCUT2D eigenvalue weighted by atomic mass is 9.95. The maximum Gasteiger partial charge on any atom is 0.219 e. The molecule has 1 aliphatic carbocycles. The number of nitrogens with one attached hydrogen (secondary N) is 1. The Hall–Kier alpha value is -1.57. The molecule has 0 atom stereocenters. The van der Waals surface area contributed by atoms with E-state index in [4.69, 9.17) is 0 Å². The lowest BCUT2D eigenvalue weighted by Gasteiger charge is -2.12. The fraction of sp³-hybridized carbons (Fsp3) is 0.400. The van der Waals surface area contributed by atoms with Crippen molar-refractivity contribution in [1.29, 1.82) is 0 Å². The number of hydrogen-bond donors (Lipinski definition) is 1. The molecule has 0 spiro atoms. The van der Waals surface area contributed by atoms with Crippen LogP contribution in [0.3, 0.4) is 0 Å². The summed E-state index contributed by atoms with van der Waals surface area (Å²) in [4.78, 5) is 11.1. The van der Waals surface area contributed by atoms with Crippen molar-refractivity contribution in [3.63, 3.8) is 0 Å². The number of allylic oxidation sites excluding steroid dienone is 1. The molecule has 0 unspecified atom stereocenters. The van der Waals surface area contributed by atoms with Crippen LogP contribution in [0.2, 0.25) is 0 Å². The van der Waals surface area contributed by atoms with Crippen LogP contribution in [0, 0.1) is 0 Å². The fourth-order valence-electron chi connectivity index (χ4n) is 2.11. The Balaban J connectivity index is 1.94. The van der Waals surface area contributed by atoms with E-state index in [1.165, 1.54) is 16.7 Å². The van der Waals surface area contributed by atoms with Crippen molar-refractivity contribution >= 4 is 12.0 Å². The highest BCUT2D eigenvalue weighted by atomic mass is 16.1. The second-order valence-electron chi connectivity index (χ2n) is 4.43. The van der Waals surface area contributed by atoms with E-state index < -0.39 is 0 Å². The Kier molecular flexibility index (Phi) is 3.97. The van der Waals surface area contributed by atoms with Gasteiger partial charge in [0, 0.05) is 13.0 Å². The van der Waals surface area contributed by atoms with Gasteiger partial charge in [-0.05, 0) is 36.0 Å². The molecule has 0 saturated heterocycles. The lowest BCUT2D eigenvalue weighted by Crippen LogP contribution is -2.24. The summed E-state index contributed by atoms with van der Waals surface area (Å²) in [5.74, 6) is 0.130. The second kappa shape index (κ2) is 5.67. The Morgan fingerprint density at radius 3 is 3.12 bits per heavy atom. The molecule has 1 aromatic rings. The monoisotopic (exact) mass is 229 g/mol. The van der Waals surface area contributed by atoms with Gasteiger partial charge in [0.05, 0.1) is 0 Å². The predicted molar refractivity (Wildman–Crippen MR) is 70.8 cm³/mol. The van der Waals surface area contributed by atoms with Gasteiger partial charge in [-0.3, -0.25) is 4.79 Å². The highest BCUT2D eigenvalue weighted by molar-refractivity contribution is 5.75. The number of benzene rings is 1. The highest BCUT2D eigenvalue weighted by Crippen LogP contribution is 2.20. The molecular formula is C15H19NO. The SMILES string of the molecule is CCC(=O)NCCc1ccc2c(c1)CCC=C2. The van der Waals surface area contributed by atoms with E-state index in [0.29, 0.717) is 6.42 Å².